The second-order valence-corrected chi connectivity index (χ2v) is 9.29. The molecule has 4 aliphatic carbocycles. The van der Waals surface area contributed by atoms with E-state index in [-0.39, 0.29) is 35.4 Å². The number of aliphatic hydroxyl groups is 2. The molecule has 3 N–H and O–H groups in total. The maximum Gasteiger partial charge on any atom is 0.336 e. The molecule has 0 bridgehead atoms. The highest BCUT2D eigenvalue weighted by Crippen LogP contribution is 2.66. The summed E-state index contributed by atoms with van der Waals surface area (Å²) < 4.78 is 0. The summed E-state index contributed by atoms with van der Waals surface area (Å²) >= 11 is 0. The van der Waals surface area contributed by atoms with Crippen LogP contribution >= 0.6 is 0 Å². The van der Waals surface area contributed by atoms with Crippen LogP contribution in [0.3, 0.4) is 0 Å². The molecule has 4 rings (SSSR count). The second kappa shape index (κ2) is 5.17. The Bertz CT molecular complexity index is 669. The van der Waals surface area contributed by atoms with Crippen molar-refractivity contribution in [2.75, 3.05) is 0 Å². The standard InChI is InChI=1S/C20H28O5/c1-18-7-5-12(21)9-11(18)3-4-13-14-6-8-20(25,17(23)24)19(14,2)10-15(22)16(13)18/h3,13-16,22,25H,4-10H2,1-2H3,(H,23,24)/t13?,14?,15?,16?,18?,19?,20-/m0/s1. The molecule has 0 spiro atoms. The lowest BCUT2D eigenvalue weighted by molar-refractivity contribution is -0.192. The lowest BCUT2D eigenvalue weighted by Gasteiger charge is -2.59. The van der Waals surface area contributed by atoms with Gasteiger partial charge in [-0.15, -0.1) is 0 Å². The Hall–Kier alpha value is -1.20. The third-order valence-electron chi connectivity index (χ3n) is 8.38. The molecule has 25 heavy (non-hydrogen) atoms. The first-order chi connectivity index (χ1) is 11.6. The van der Waals surface area contributed by atoms with Crippen LogP contribution in [0.2, 0.25) is 0 Å². The number of carboxylic acid groups (broad SMARTS) is 1. The van der Waals surface area contributed by atoms with Gasteiger partial charge in [-0.05, 0) is 55.3 Å². The first-order valence-corrected chi connectivity index (χ1v) is 9.48. The molecule has 0 aromatic heterocycles. The molecule has 3 saturated carbocycles. The molecule has 7 atom stereocenters. The minimum atomic E-state index is -1.75. The van der Waals surface area contributed by atoms with Crippen LogP contribution < -0.4 is 0 Å². The number of carbonyl (C=O) groups excluding carboxylic acids is 1. The van der Waals surface area contributed by atoms with E-state index in [9.17, 15) is 24.9 Å². The summed E-state index contributed by atoms with van der Waals surface area (Å²) in [5, 5.41) is 31.6. The maximum absolute atomic E-state index is 11.9. The molecule has 4 aliphatic rings. The van der Waals surface area contributed by atoms with E-state index in [1.54, 1.807) is 0 Å². The molecule has 0 amide bonds. The zero-order valence-corrected chi connectivity index (χ0v) is 15.0. The highest BCUT2D eigenvalue weighted by molar-refractivity contribution is 5.83. The van der Waals surface area contributed by atoms with Gasteiger partial charge in [0.05, 0.1) is 6.10 Å². The number of rotatable bonds is 1. The van der Waals surface area contributed by atoms with Gasteiger partial charge in [0.2, 0.25) is 0 Å². The van der Waals surface area contributed by atoms with Crippen LogP contribution in [-0.2, 0) is 9.59 Å². The van der Waals surface area contributed by atoms with Gasteiger partial charge < -0.3 is 15.3 Å². The van der Waals surface area contributed by atoms with Crippen molar-refractivity contribution in [1.29, 1.82) is 0 Å². The number of fused-ring (bicyclic) bond motifs is 5. The maximum atomic E-state index is 11.9. The van der Waals surface area contributed by atoms with Gasteiger partial charge in [-0.2, -0.15) is 0 Å². The van der Waals surface area contributed by atoms with Crippen LogP contribution in [0.25, 0.3) is 0 Å². The zero-order chi connectivity index (χ0) is 18.2. The fourth-order valence-electron chi connectivity index (χ4n) is 6.97. The number of carbonyl (C=O) groups is 2. The van der Waals surface area contributed by atoms with Crippen molar-refractivity contribution in [2.24, 2.45) is 28.6 Å². The quantitative estimate of drug-likeness (QED) is 0.632. The van der Waals surface area contributed by atoms with Crippen molar-refractivity contribution >= 4 is 11.8 Å². The van der Waals surface area contributed by atoms with Crippen LogP contribution in [0.4, 0.5) is 0 Å². The Morgan fingerprint density at radius 2 is 2.00 bits per heavy atom. The summed E-state index contributed by atoms with van der Waals surface area (Å²) in [7, 11) is 0. The first kappa shape index (κ1) is 17.2. The van der Waals surface area contributed by atoms with E-state index in [1.807, 2.05) is 6.92 Å². The van der Waals surface area contributed by atoms with Gasteiger partial charge in [0.1, 0.15) is 5.78 Å². The first-order valence-electron chi connectivity index (χ1n) is 9.48. The number of hydrogen-bond donors (Lipinski definition) is 3. The molecule has 138 valence electrons. The monoisotopic (exact) mass is 348 g/mol. The van der Waals surface area contributed by atoms with Crippen LogP contribution in [0.1, 0.15) is 58.8 Å². The number of carboxylic acids is 1. The number of allylic oxidation sites excluding steroid dienone is 2. The van der Waals surface area contributed by atoms with Crippen molar-refractivity contribution in [3.05, 3.63) is 11.6 Å². The minimum absolute atomic E-state index is 0.0508. The van der Waals surface area contributed by atoms with Crippen molar-refractivity contribution < 1.29 is 24.9 Å². The Morgan fingerprint density at radius 3 is 2.68 bits per heavy atom. The molecule has 0 aromatic rings. The summed E-state index contributed by atoms with van der Waals surface area (Å²) in [6.07, 6.45) is 5.39. The minimum Gasteiger partial charge on any atom is -0.479 e. The highest BCUT2D eigenvalue weighted by Gasteiger charge is 2.68. The average molecular weight is 348 g/mol. The smallest absolute Gasteiger partial charge is 0.336 e. The molecule has 0 aliphatic heterocycles. The van der Waals surface area contributed by atoms with Gasteiger partial charge >= 0.3 is 5.97 Å². The number of Topliss-reactive ketones (excluding diaryl/α,β-unsaturated/α-hetero) is 1. The molecule has 3 fully saturated rings. The van der Waals surface area contributed by atoms with Crippen LogP contribution in [0.15, 0.2) is 11.6 Å². The van der Waals surface area contributed by atoms with E-state index >= 15 is 0 Å². The molecular weight excluding hydrogens is 320 g/mol. The number of ketones is 1. The number of aliphatic carboxylic acids is 1. The highest BCUT2D eigenvalue weighted by atomic mass is 16.4. The van der Waals surface area contributed by atoms with Crippen molar-refractivity contribution in [2.45, 2.75) is 70.5 Å². The predicted octanol–water partition coefficient (Wildman–Crippen LogP) is 2.30. The van der Waals surface area contributed by atoms with Crippen LogP contribution in [0.5, 0.6) is 0 Å². The third-order valence-corrected chi connectivity index (χ3v) is 8.38. The molecule has 5 nitrogen and oxygen atoms in total. The predicted molar refractivity (Wildman–Crippen MR) is 90.7 cm³/mol. The second-order valence-electron chi connectivity index (χ2n) is 9.29. The van der Waals surface area contributed by atoms with E-state index in [1.165, 1.54) is 5.57 Å². The largest absolute Gasteiger partial charge is 0.479 e. The molecule has 0 heterocycles. The summed E-state index contributed by atoms with van der Waals surface area (Å²) in [5.41, 5.74) is -1.57. The fraction of sp³-hybridized carbons (Fsp3) is 0.800. The van der Waals surface area contributed by atoms with E-state index < -0.39 is 23.1 Å². The lowest BCUT2D eigenvalue weighted by Crippen LogP contribution is -2.61. The van der Waals surface area contributed by atoms with Crippen molar-refractivity contribution in [1.82, 2.24) is 0 Å². The van der Waals surface area contributed by atoms with E-state index in [4.69, 9.17) is 0 Å². The van der Waals surface area contributed by atoms with E-state index in [2.05, 4.69) is 13.0 Å². The molecule has 6 unspecified atom stereocenters. The molecular formula is C20H28O5. The van der Waals surface area contributed by atoms with E-state index in [0.29, 0.717) is 25.7 Å². The Morgan fingerprint density at radius 1 is 1.28 bits per heavy atom. The average Bonchev–Trinajstić information content (AvgIpc) is 2.80. The zero-order valence-electron chi connectivity index (χ0n) is 15.0. The SMILES string of the molecule is CC12CCC(=O)CC1=CCC1C2C(O)CC2(C)C1CC[C@]2(O)C(=O)O. The van der Waals surface area contributed by atoms with E-state index in [0.717, 1.165) is 12.8 Å². The van der Waals surface area contributed by atoms with Gasteiger partial charge in [-0.3, -0.25) is 4.79 Å². The third kappa shape index (κ3) is 2.02. The van der Waals surface area contributed by atoms with Crippen LogP contribution in [0, 0.1) is 28.6 Å². The summed E-state index contributed by atoms with van der Waals surface area (Å²) in [6, 6.07) is 0. The normalized spacial score (nSPS) is 52.0. The van der Waals surface area contributed by atoms with Gasteiger partial charge in [0.15, 0.2) is 5.60 Å². The van der Waals surface area contributed by atoms with Crippen molar-refractivity contribution in [3.63, 3.8) is 0 Å². The topological polar surface area (TPSA) is 94.8 Å². The number of hydrogen-bond acceptors (Lipinski definition) is 4. The van der Waals surface area contributed by atoms with Gasteiger partial charge in [-0.25, -0.2) is 4.79 Å². The lowest BCUT2D eigenvalue weighted by atomic mass is 9.46. The summed E-state index contributed by atoms with van der Waals surface area (Å²) in [4.78, 5) is 23.7. The fourth-order valence-corrected chi connectivity index (χ4v) is 6.97. The molecule has 5 heteroatoms. The number of aliphatic hydroxyl groups excluding tert-OH is 1. The summed E-state index contributed by atoms with van der Waals surface area (Å²) in [5.74, 6) is -0.573. The van der Waals surface area contributed by atoms with Gasteiger partial charge in [-0.1, -0.05) is 25.5 Å². The van der Waals surface area contributed by atoms with Crippen LogP contribution in [-0.4, -0.2) is 38.8 Å². The summed E-state index contributed by atoms with van der Waals surface area (Å²) in [6.45, 7) is 4.02. The molecule has 0 radical (unpaired) electrons. The Balaban J connectivity index is 1.76. The van der Waals surface area contributed by atoms with Crippen molar-refractivity contribution in [3.8, 4) is 0 Å². The Labute approximate surface area is 148 Å². The molecule has 0 saturated heterocycles. The Kier molecular flexibility index (Phi) is 3.56. The van der Waals surface area contributed by atoms with Gasteiger partial charge in [0, 0.05) is 18.3 Å². The van der Waals surface area contributed by atoms with Gasteiger partial charge in [0.25, 0.3) is 0 Å². The molecule has 0 aromatic carbocycles.